The van der Waals surface area contributed by atoms with Crippen molar-refractivity contribution in [2.24, 2.45) is 0 Å². The average molecular weight is 331 g/mol. The van der Waals surface area contributed by atoms with Gasteiger partial charge in [-0.15, -0.1) is 12.4 Å². The highest BCUT2D eigenvalue weighted by Crippen LogP contribution is 2.30. The van der Waals surface area contributed by atoms with Crippen molar-refractivity contribution in [1.29, 1.82) is 0 Å². The summed E-state index contributed by atoms with van der Waals surface area (Å²) in [6.45, 7) is 4.09. The molecule has 3 rings (SSSR count). The van der Waals surface area contributed by atoms with Gasteiger partial charge in [-0.25, -0.2) is 0 Å². The van der Waals surface area contributed by atoms with Crippen molar-refractivity contribution >= 4 is 18.3 Å². The van der Waals surface area contributed by atoms with Gasteiger partial charge >= 0.3 is 0 Å². The summed E-state index contributed by atoms with van der Waals surface area (Å²) >= 11 is 0. The zero-order valence-corrected chi connectivity index (χ0v) is 14.6. The predicted molar refractivity (Wildman–Crippen MR) is 90.4 cm³/mol. The molecular weight excluding hydrogens is 300 g/mol. The lowest BCUT2D eigenvalue weighted by molar-refractivity contribution is -0.152. The second-order valence-corrected chi connectivity index (χ2v) is 6.92. The lowest BCUT2D eigenvalue weighted by Gasteiger charge is -2.33. The third-order valence-electron chi connectivity index (χ3n) is 5.46. The second-order valence-electron chi connectivity index (χ2n) is 6.92. The molecule has 1 aliphatic carbocycles. The maximum Gasteiger partial charge on any atom is 0.252 e. The van der Waals surface area contributed by atoms with Gasteiger partial charge < -0.3 is 15.0 Å². The smallest absolute Gasteiger partial charge is 0.252 e. The van der Waals surface area contributed by atoms with Gasteiger partial charge in [0.2, 0.25) is 0 Å². The lowest BCUT2D eigenvalue weighted by Crippen LogP contribution is -2.48. The van der Waals surface area contributed by atoms with Crippen molar-refractivity contribution in [3.05, 3.63) is 0 Å². The van der Waals surface area contributed by atoms with Gasteiger partial charge in [0.05, 0.1) is 6.10 Å². The molecule has 2 aliphatic heterocycles. The number of rotatable bonds is 4. The molecule has 5 heteroatoms. The SMILES string of the molecule is CCC(OC1CCCCC1)C(=O)N1C2CCNCC1CC2.Cl. The number of hydrogen-bond donors (Lipinski definition) is 1. The van der Waals surface area contributed by atoms with Crippen LogP contribution in [-0.2, 0) is 9.53 Å². The number of ether oxygens (including phenoxy) is 1. The highest BCUT2D eigenvalue weighted by molar-refractivity contribution is 5.85. The topological polar surface area (TPSA) is 41.6 Å². The number of nitrogens with zero attached hydrogens (tertiary/aromatic N) is 1. The van der Waals surface area contributed by atoms with Crippen LogP contribution in [0.5, 0.6) is 0 Å². The Morgan fingerprint density at radius 3 is 2.59 bits per heavy atom. The first-order valence-corrected chi connectivity index (χ1v) is 8.98. The molecule has 4 nitrogen and oxygen atoms in total. The lowest BCUT2D eigenvalue weighted by atomic mass is 9.97. The second kappa shape index (κ2) is 8.51. The van der Waals surface area contributed by atoms with Gasteiger partial charge in [0, 0.05) is 18.6 Å². The molecule has 0 aromatic carbocycles. The van der Waals surface area contributed by atoms with Crippen LogP contribution in [0.2, 0.25) is 0 Å². The van der Waals surface area contributed by atoms with Crippen molar-refractivity contribution < 1.29 is 9.53 Å². The van der Waals surface area contributed by atoms with Gasteiger partial charge in [-0.3, -0.25) is 4.79 Å². The fourth-order valence-corrected chi connectivity index (χ4v) is 4.27. The number of carbonyl (C=O) groups excluding carboxylic acids is 1. The van der Waals surface area contributed by atoms with Crippen LogP contribution in [-0.4, -0.2) is 48.2 Å². The minimum absolute atomic E-state index is 0. The Labute approximate surface area is 140 Å². The summed E-state index contributed by atoms with van der Waals surface area (Å²) in [5.74, 6) is 0.263. The van der Waals surface area contributed by atoms with Crippen molar-refractivity contribution in [2.45, 2.75) is 89.0 Å². The maximum absolute atomic E-state index is 13.0. The van der Waals surface area contributed by atoms with E-state index >= 15 is 0 Å². The summed E-state index contributed by atoms with van der Waals surface area (Å²) in [5.41, 5.74) is 0. The molecule has 3 atom stereocenters. The molecule has 3 aliphatic rings. The zero-order valence-electron chi connectivity index (χ0n) is 13.8. The van der Waals surface area contributed by atoms with Gasteiger partial charge in [-0.1, -0.05) is 26.2 Å². The normalized spacial score (nSPS) is 30.5. The molecule has 22 heavy (non-hydrogen) atoms. The Balaban J connectivity index is 0.00000176. The van der Waals surface area contributed by atoms with Crippen molar-refractivity contribution in [1.82, 2.24) is 10.2 Å². The van der Waals surface area contributed by atoms with Crippen LogP contribution in [0.3, 0.4) is 0 Å². The molecule has 128 valence electrons. The third-order valence-corrected chi connectivity index (χ3v) is 5.46. The molecule has 1 amide bonds. The Morgan fingerprint density at radius 2 is 1.86 bits per heavy atom. The van der Waals surface area contributed by atoms with Gasteiger partial charge in [0.15, 0.2) is 0 Å². The van der Waals surface area contributed by atoms with Crippen LogP contribution in [0.25, 0.3) is 0 Å². The van der Waals surface area contributed by atoms with Gasteiger partial charge in [-0.05, 0) is 45.1 Å². The van der Waals surface area contributed by atoms with E-state index in [0.29, 0.717) is 18.2 Å². The van der Waals surface area contributed by atoms with Gasteiger partial charge in [-0.2, -0.15) is 0 Å². The molecule has 3 unspecified atom stereocenters. The molecule has 1 N–H and O–H groups in total. The standard InChI is InChI=1S/C17H30N2O2.ClH/c1-2-16(21-15-6-4-3-5-7-15)17(20)19-13-8-9-14(19)12-18-11-10-13;/h13-16,18H,2-12H2,1H3;1H. The van der Waals surface area contributed by atoms with E-state index < -0.39 is 0 Å². The van der Waals surface area contributed by atoms with E-state index in [0.717, 1.165) is 45.2 Å². The maximum atomic E-state index is 13.0. The molecule has 2 bridgehead atoms. The molecular formula is C17H31ClN2O2. The van der Waals surface area contributed by atoms with Crippen LogP contribution in [0.1, 0.15) is 64.7 Å². The first kappa shape index (κ1) is 18.0. The minimum atomic E-state index is -0.214. The first-order chi connectivity index (χ1) is 10.3. The quantitative estimate of drug-likeness (QED) is 0.861. The van der Waals surface area contributed by atoms with Crippen molar-refractivity contribution in [2.75, 3.05) is 13.1 Å². The van der Waals surface area contributed by atoms with Gasteiger partial charge in [0.1, 0.15) is 6.10 Å². The average Bonchev–Trinajstić information content (AvgIpc) is 2.78. The number of nitrogens with one attached hydrogen (secondary N) is 1. The highest BCUT2D eigenvalue weighted by atomic mass is 35.5. The minimum Gasteiger partial charge on any atom is -0.365 e. The fourth-order valence-electron chi connectivity index (χ4n) is 4.27. The molecule has 0 aromatic heterocycles. The molecule has 0 spiro atoms. The predicted octanol–water partition coefficient (Wildman–Crippen LogP) is 2.89. The highest BCUT2D eigenvalue weighted by Gasteiger charge is 2.40. The number of fused-ring (bicyclic) bond motifs is 2. The van der Waals surface area contributed by atoms with E-state index in [2.05, 4.69) is 17.1 Å². The van der Waals surface area contributed by atoms with E-state index in [4.69, 9.17) is 4.74 Å². The summed E-state index contributed by atoms with van der Waals surface area (Å²) in [5, 5.41) is 3.47. The number of carbonyl (C=O) groups is 1. The number of hydrogen-bond acceptors (Lipinski definition) is 3. The molecule has 0 radical (unpaired) electrons. The summed E-state index contributed by atoms with van der Waals surface area (Å²) < 4.78 is 6.21. The summed E-state index contributed by atoms with van der Waals surface area (Å²) in [6.07, 6.45) is 10.5. The Hall–Kier alpha value is -0.320. The van der Waals surface area contributed by atoms with E-state index in [1.807, 2.05) is 0 Å². The van der Waals surface area contributed by atoms with Crippen LogP contribution < -0.4 is 5.32 Å². The molecule has 1 saturated carbocycles. The van der Waals surface area contributed by atoms with Crippen molar-refractivity contribution in [3.8, 4) is 0 Å². The largest absolute Gasteiger partial charge is 0.365 e. The number of halogens is 1. The van der Waals surface area contributed by atoms with Crippen molar-refractivity contribution in [3.63, 3.8) is 0 Å². The third kappa shape index (κ3) is 3.95. The van der Waals surface area contributed by atoms with E-state index in [9.17, 15) is 4.79 Å². The Kier molecular flexibility index (Phi) is 6.97. The van der Waals surface area contributed by atoms with E-state index in [-0.39, 0.29) is 24.4 Å². The monoisotopic (exact) mass is 330 g/mol. The van der Waals surface area contributed by atoms with Crippen LogP contribution >= 0.6 is 12.4 Å². The van der Waals surface area contributed by atoms with Crippen LogP contribution in [0.4, 0.5) is 0 Å². The Bertz CT molecular complexity index is 347. The Morgan fingerprint density at radius 1 is 1.14 bits per heavy atom. The fraction of sp³-hybridized carbons (Fsp3) is 0.941. The van der Waals surface area contributed by atoms with E-state index in [1.165, 1.54) is 25.7 Å². The summed E-state index contributed by atoms with van der Waals surface area (Å²) in [6, 6.07) is 0.843. The van der Waals surface area contributed by atoms with Crippen LogP contribution in [0, 0.1) is 0 Å². The summed E-state index contributed by atoms with van der Waals surface area (Å²) in [4.78, 5) is 15.2. The molecule has 2 heterocycles. The summed E-state index contributed by atoms with van der Waals surface area (Å²) in [7, 11) is 0. The first-order valence-electron chi connectivity index (χ1n) is 8.98. The molecule has 3 fully saturated rings. The van der Waals surface area contributed by atoms with E-state index in [1.54, 1.807) is 0 Å². The van der Waals surface area contributed by atoms with Crippen LogP contribution in [0.15, 0.2) is 0 Å². The molecule has 0 aromatic rings. The number of amides is 1. The zero-order chi connectivity index (χ0) is 14.7. The molecule has 2 saturated heterocycles. The van der Waals surface area contributed by atoms with Gasteiger partial charge in [0.25, 0.3) is 5.91 Å².